The monoisotopic (exact) mass is 307 g/mol. The van der Waals surface area contributed by atoms with Crippen LogP contribution in [0.5, 0.6) is 5.75 Å². The zero-order chi connectivity index (χ0) is 16.1. The molecular weight excluding hydrogens is 286 g/mol. The molecule has 1 aliphatic rings. The average molecular weight is 307 g/mol. The van der Waals surface area contributed by atoms with Crippen LogP contribution in [0.15, 0.2) is 60.2 Å². The van der Waals surface area contributed by atoms with Gasteiger partial charge in [0.15, 0.2) is 0 Å². The van der Waals surface area contributed by atoms with Crippen molar-refractivity contribution in [1.29, 1.82) is 0 Å². The van der Waals surface area contributed by atoms with Gasteiger partial charge in [-0.05, 0) is 37.5 Å². The second kappa shape index (κ2) is 7.14. The summed E-state index contributed by atoms with van der Waals surface area (Å²) in [5.41, 5.74) is 2.93. The van der Waals surface area contributed by atoms with Gasteiger partial charge in [0, 0.05) is 11.6 Å². The molecule has 1 heterocycles. The third kappa shape index (κ3) is 4.01. The smallest absolute Gasteiger partial charge is 0.250 e. The van der Waals surface area contributed by atoms with E-state index in [2.05, 4.69) is 17.4 Å². The maximum Gasteiger partial charge on any atom is 0.250 e. The van der Waals surface area contributed by atoms with Gasteiger partial charge in [0.1, 0.15) is 12.4 Å². The van der Waals surface area contributed by atoms with Crippen molar-refractivity contribution in [2.45, 2.75) is 25.8 Å². The molecule has 0 radical (unpaired) electrons. The number of nitrogens with one attached hydrogen (secondary N) is 1. The summed E-state index contributed by atoms with van der Waals surface area (Å²) in [5, 5.41) is 3.06. The van der Waals surface area contributed by atoms with Crippen molar-refractivity contribution >= 4 is 12.0 Å². The van der Waals surface area contributed by atoms with Crippen LogP contribution in [0.2, 0.25) is 0 Å². The third-order valence-corrected chi connectivity index (χ3v) is 4.01. The first-order chi connectivity index (χ1) is 11.2. The Hall–Kier alpha value is -2.55. The molecule has 3 rings (SSSR count). The molecule has 0 saturated heterocycles. The van der Waals surface area contributed by atoms with Gasteiger partial charge in [-0.15, -0.1) is 0 Å². The van der Waals surface area contributed by atoms with Crippen LogP contribution in [0.1, 0.15) is 24.5 Å². The highest BCUT2D eigenvalue weighted by Crippen LogP contribution is 2.25. The van der Waals surface area contributed by atoms with E-state index >= 15 is 0 Å². The molecule has 3 heteroatoms. The molecule has 0 unspecified atom stereocenters. The molecule has 0 fully saturated rings. The van der Waals surface area contributed by atoms with Crippen LogP contribution < -0.4 is 10.1 Å². The van der Waals surface area contributed by atoms with Crippen LogP contribution in [-0.4, -0.2) is 18.6 Å². The van der Waals surface area contributed by atoms with E-state index in [-0.39, 0.29) is 11.9 Å². The number of hydrogen-bond acceptors (Lipinski definition) is 2. The topological polar surface area (TPSA) is 38.3 Å². The molecule has 23 heavy (non-hydrogen) atoms. The lowest BCUT2D eigenvalue weighted by atomic mass is 10.0. The van der Waals surface area contributed by atoms with Crippen molar-refractivity contribution in [1.82, 2.24) is 5.32 Å². The fourth-order valence-corrected chi connectivity index (χ4v) is 2.66. The number of benzene rings is 2. The van der Waals surface area contributed by atoms with Crippen LogP contribution in [0.4, 0.5) is 0 Å². The number of aryl methyl sites for hydroxylation is 1. The summed E-state index contributed by atoms with van der Waals surface area (Å²) >= 11 is 0. The second-order valence-corrected chi connectivity index (χ2v) is 5.89. The van der Waals surface area contributed by atoms with Gasteiger partial charge in [0.25, 0.3) is 5.91 Å². The Balaban J connectivity index is 1.56. The highest BCUT2D eigenvalue weighted by atomic mass is 16.5. The minimum absolute atomic E-state index is 0.0416. The van der Waals surface area contributed by atoms with Crippen molar-refractivity contribution in [3.8, 4) is 5.75 Å². The molecule has 0 saturated carbocycles. The summed E-state index contributed by atoms with van der Waals surface area (Å²) < 4.78 is 5.64. The summed E-state index contributed by atoms with van der Waals surface area (Å²) in [7, 11) is 0. The van der Waals surface area contributed by atoms with Gasteiger partial charge in [0.05, 0.1) is 5.57 Å². The number of amides is 1. The highest BCUT2D eigenvalue weighted by molar-refractivity contribution is 5.99. The first-order valence-electron chi connectivity index (χ1n) is 7.99. The molecule has 0 aromatic heterocycles. The van der Waals surface area contributed by atoms with Crippen molar-refractivity contribution in [3.05, 3.63) is 71.3 Å². The zero-order valence-electron chi connectivity index (χ0n) is 13.3. The van der Waals surface area contributed by atoms with E-state index in [4.69, 9.17) is 4.74 Å². The van der Waals surface area contributed by atoms with E-state index in [0.29, 0.717) is 12.2 Å². The number of hydrogen-bond donors (Lipinski definition) is 1. The lowest BCUT2D eigenvalue weighted by Crippen LogP contribution is -2.35. The Bertz CT molecular complexity index is 707. The SMILES string of the molecule is C[C@@H](CCc1ccccc1)NC(=O)C1=Cc2ccccc2OC1. The van der Waals surface area contributed by atoms with E-state index < -0.39 is 0 Å². The Labute approximate surface area is 137 Å². The van der Waals surface area contributed by atoms with Gasteiger partial charge in [0.2, 0.25) is 0 Å². The fourth-order valence-electron chi connectivity index (χ4n) is 2.66. The van der Waals surface area contributed by atoms with Crippen molar-refractivity contribution in [2.75, 3.05) is 6.61 Å². The summed E-state index contributed by atoms with van der Waals surface area (Å²) in [6, 6.07) is 18.2. The zero-order valence-corrected chi connectivity index (χ0v) is 13.3. The number of carbonyl (C=O) groups excluding carboxylic acids is 1. The van der Waals surface area contributed by atoms with E-state index in [0.717, 1.165) is 24.2 Å². The maximum absolute atomic E-state index is 12.4. The van der Waals surface area contributed by atoms with Crippen LogP contribution >= 0.6 is 0 Å². The first-order valence-corrected chi connectivity index (χ1v) is 7.99. The van der Waals surface area contributed by atoms with Crippen molar-refractivity contribution < 1.29 is 9.53 Å². The van der Waals surface area contributed by atoms with Crippen LogP contribution in [0.25, 0.3) is 6.08 Å². The van der Waals surface area contributed by atoms with Crippen molar-refractivity contribution in [2.24, 2.45) is 0 Å². The van der Waals surface area contributed by atoms with Gasteiger partial charge in [-0.25, -0.2) is 0 Å². The Kier molecular flexibility index (Phi) is 4.77. The number of carbonyl (C=O) groups is 1. The largest absolute Gasteiger partial charge is 0.488 e. The van der Waals surface area contributed by atoms with Gasteiger partial charge >= 0.3 is 0 Å². The normalized spacial score (nSPS) is 14.2. The number of ether oxygens (including phenoxy) is 1. The quantitative estimate of drug-likeness (QED) is 0.916. The Morgan fingerprint density at radius 3 is 2.70 bits per heavy atom. The van der Waals surface area contributed by atoms with E-state index in [9.17, 15) is 4.79 Å². The number of fused-ring (bicyclic) bond motifs is 1. The first kappa shape index (κ1) is 15.3. The van der Waals surface area contributed by atoms with Gasteiger partial charge in [-0.2, -0.15) is 0 Å². The Morgan fingerprint density at radius 1 is 1.13 bits per heavy atom. The van der Waals surface area contributed by atoms with Gasteiger partial charge < -0.3 is 10.1 Å². The highest BCUT2D eigenvalue weighted by Gasteiger charge is 2.18. The fraction of sp³-hybridized carbons (Fsp3) is 0.250. The minimum Gasteiger partial charge on any atom is -0.488 e. The Morgan fingerprint density at radius 2 is 1.87 bits per heavy atom. The summed E-state index contributed by atoms with van der Waals surface area (Å²) in [4.78, 5) is 12.4. The molecule has 2 aromatic rings. The number of para-hydroxylation sites is 1. The predicted molar refractivity (Wildman–Crippen MR) is 92.3 cm³/mol. The standard InChI is InChI=1S/C20H21NO2/c1-15(11-12-16-7-3-2-4-8-16)21-20(22)18-13-17-9-5-6-10-19(17)23-14-18/h2-10,13,15H,11-12,14H2,1H3,(H,21,22)/t15-/m0/s1. The molecule has 1 amide bonds. The molecule has 2 aromatic carbocycles. The summed E-state index contributed by atoms with van der Waals surface area (Å²) in [6.07, 6.45) is 3.79. The molecule has 1 atom stereocenters. The number of rotatable bonds is 5. The predicted octanol–water partition coefficient (Wildman–Crippen LogP) is 3.60. The van der Waals surface area contributed by atoms with Crippen LogP contribution in [0, 0.1) is 0 Å². The summed E-state index contributed by atoms with van der Waals surface area (Å²) in [6.45, 7) is 2.37. The second-order valence-electron chi connectivity index (χ2n) is 5.89. The van der Waals surface area contributed by atoms with Gasteiger partial charge in [-0.3, -0.25) is 4.79 Å². The lowest BCUT2D eigenvalue weighted by Gasteiger charge is -2.19. The van der Waals surface area contributed by atoms with E-state index in [1.165, 1.54) is 5.56 Å². The van der Waals surface area contributed by atoms with Crippen LogP contribution in [-0.2, 0) is 11.2 Å². The van der Waals surface area contributed by atoms with Gasteiger partial charge in [-0.1, -0.05) is 48.5 Å². The van der Waals surface area contributed by atoms with E-state index in [1.807, 2.05) is 55.5 Å². The maximum atomic E-state index is 12.4. The molecule has 1 aliphatic heterocycles. The van der Waals surface area contributed by atoms with Crippen molar-refractivity contribution in [3.63, 3.8) is 0 Å². The molecule has 0 bridgehead atoms. The molecular formula is C20H21NO2. The van der Waals surface area contributed by atoms with E-state index in [1.54, 1.807) is 0 Å². The molecule has 0 spiro atoms. The summed E-state index contributed by atoms with van der Waals surface area (Å²) in [5.74, 6) is 0.793. The van der Waals surface area contributed by atoms with Crippen LogP contribution in [0.3, 0.4) is 0 Å². The lowest BCUT2D eigenvalue weighted by molar-refractivity contribution is -0.118. The molecule has 3 nitrogen and oxygen atoms in total. The third-order valence-electron chi connectivity index (χ3n) is 4.01. The minimum atomic E-state index is -0.0416. The average Bonchev–Trinajstić information content (AvgIpc) is 2.60. The molecule has 118 valence electrons. The molecule has 0 aliphatic carbocycles. The molecule has 1 N–H and O–H groups in total.